The van der Waals surface area contributed by atoms with Crippen molar-refractivity contribution < 1.29 is 14.1 Å². The zero-order chi connectivity index (χ0) is 16.1. The monoisotopic (exact) mass is 301 g/mol. The number of halogens is 1. The second kappa shape index (κ2) is 6.57. The summed E-state index contributed by atoms with van der Waals surface area (Å²) in [5, 5.41) is 14.4. The summed E-state index contributed by atoms with van der Waals surface area (Å²) in [7, 11) is 0. The quantitative estimate of drug-likeness (QED) is 0.535. The topological polar surface area (TPSA) is 84.6 Å². The van der Waals surface area contributed by atoms with Gasteiger partial charge in [0.2, 0.25) is 0 Å². The van der Waals surface area contributed by atoms with Gasteiger partial charge in [-0.25, -0.2) is 9.82 Å². The normalized spacial score (nSPS) is 11.1. The Morgan fingerprint density at radius 1 is 1.18 bits per heavy atom. The van der Waals surface area contributed by atoms with E-state index < -0.39 is 16.6 Å². The summed E-state index contributed by atoms with van der Waals surface area (Å²) in [6.45, 7) is 1.63. The summed E-state index contributed by atoms with van der Waals surface area (Å²) in [6.07, 6.45) is 0. The molecule has 0 aliphatic rings. The fraction of sp³-hybridized carbons (Fsp3) is 0.0667. The third-order valence-electron chi connectivity index (χ3n) is 2.94. The van der Waals surface area contributed by atoms with Crippen LogP contribution in [0.1, 0.15) is 22.8 Å². The Bertz CT molecular complexity index is 742. The van der Waals surface area contributed by atoms with Gasteiger partial charge in [0, 0.05) is 12.1 Å². The number of nitrogens with zero attached hydrogens (tertiary/aromatic N) is 2. The molecule has 0 spiro atoms. The van der Waals surface area contributed by atoms with Crippen LogP contribution in [0.15, 0.2) is 53.6 Å². The molecule has 1 amide bonds. The number of rotatable bonds is 4. The first-order chi connectivity index (χ1) is 10.5. The summed E-state index contributed by atoms with van der Waals surface area (Å²) in [5.41, 5.74) is 3.16. The first-order valence-corrected chi connectivity index (χ1v) is 6.33. The predicted molar refractivity (Wildman–Crippen MR) is 79.2 cm³/mol. The van der Waals surface area contributed by atoms with E-state index in [1.807, 2.05) is 0 Å². The van der Waals surface area contributed by atoms with E-state index in [0.29, 0.717) is 11.3 Å². The van der Waals surface area contributed by atoms with E-state index in [1.54, 1.807) is 13.0 Å². The lowest BCUT2D eigenvalue weighted by atomic mass is 10.1. The Morgan fingerprint density at radius 2 is 1.82 bits per heavy atom. The molecule has 0 heterocycles. The minimum Gasteiger partial charge on any atom is -0.267 e. The van der Waals surface area contributed by atoms with E-state index in [0.717, 1.165) is 0 Å². The van der Waals surface area contributed by atoms with Gasteiger partial charge < -0.3 is 0 Å². The van der Waals surface area contributed by atoms with Crippen LogP contribution in [0.3, 0.4) is 0 Å². The van der Waals surface area contributed by atoms with E-state index in [2.05, 4.69) is 10.5 Å². The van der Waals surface area contributed by atoms with Gasteiger partial charge in [-0.05, 0) is 36.8 Å². The number of nitrogens with one attached hydrogen (secondary N) is 1. The van der Waals surface area contributed by atoms with Gasteiger partial charge in [0.15, 0.2) is 0 Å². The van der Waals surface area contributed by atoms with Gasteiger partial charge >= 0.3 is 0 Å². The summed E-state index contributed by atoms with van der Waals surface area (Å²) < 4.78 is 13.4. The van der Waals surface area contributed by atoms with Crippen molar-refractivity contribution in [3.63, 3.8) is 0 Å². The SMILES string of the molecule is CC(=NNC(=O)c1ccccc1F)c1ccc([N+](=O)[O-])cc1. The molecule has 6 nitrogen and oxygen atoms in total. The van der Waals surface area contributed by atoms with Crippen molar-refractivity contribution in [2.75, 3.05) is 0 Å². The molecule has 22 heavy (non-hydrogen) atoms. The molecule has 0 radical (unpaired) electrons. The standard InChI is InChI=1S/C15H12FN3O3/c1-10(11-6-8-12(9-7-11)19(21)22)17-18-15(20)13-4-2-3-5-14(13)16/h2-9H,1H3,(H,18,20). The average molecular weight is 301 g/mol. The Morgan fingerprint density at radius 3 is 2.41 bits per heavy atom. The van der Waals surface area contributed by atoms with Crippen LogP contribution in [-0.4, -0.2) is 16.5 Å². The fourth-order valence-corrected chi connectivity index (χ4v) is 1.73. The molecule has 0 aliphatic heterocycles. The molecule has 0 saturated carbocycles. The van der Waals surface area contributed by atoms with Crippen molar-refractivity contribution in [1.29, 1.82) is 0 Å². The molecule has 0 saturated heterocycles. The van der Waals surface area contributed by atoms with Crippen molar-refractivity contribution in [2.45, 2.75) is 6.92 Å². The number of benzene rings is 2. The number of nitro benzene ring substituents is 1. The van der Waals surface area contributed by atoms with E-state index in [4.69, 9.17) is 0 Å². The molecule has 0 aliphatic carbocycles. The third kappa shape index (κ3) is 3.51. The number of amides is 1. The number of hydrogen-bond acceptors (Lipinski definition) is 4. The second-order valence-electron chi connectivity index (χ2n) is 4.42. The van der Waals surface area contributed by atoms with Crippen LogP contribution in [0.4, 0.5) is 10.1 Å². The van der Waals surface area contributed by atoms with Gasteiger partial charge in [0.05, 0.1) is 16.2 Å². The maximum Gasteiger partial charge on any atom is 0.274 e. The van der Waals surface area contributed by atoms with Gasteiger partial charge in [-0.15, -0.1) is 0 Å². The third-order valence-corrected chi connectivity index (χ3v) is 2.94. The Labute approximate surface area is 125 Å². The summed E-state index contributed by atoms with van der Waals surface area (Å²) in [5.74, 6) is -1.30. The highest BCUT2D eigenvalue weighted by Crippen LogP contribution is 2.12. The number of nitro groups is 1. The lowest BCUT2D eigenvalue weighted by Gasteiger charge is -2.03. The van der Waals surface area contributed by atoms with Crippen LogP contribution >= 0.6 is 0 Å². The highest BCUT2D eigenvalue weighted by atomic mass is 19.1. The molecule has 0 atom stereocenters. The molecule has 2 rings (SSSR count). The first-order valence-electron chi connectivity index (χ1n) is 6.33. The van der Waals surface area contributed by atoms with Gasteiger partial charge in [0.1, 0.15) is 5.82 Å². The van der Waals surface area contributed by atoms with Crippen LogP contribution in [0.25, 0.3) is 0 Å². The minimum atomic E-state index is -0.667. The maximum absolute atomic E-state index is 13.4. The highest BCUT2D eigenvalue weighted by Gasteiger charge is 2.10. The molecule has 2 aromatic carbocycles. The summed E-state index contributed by atoms with van der Waals surface area (Å²) in [4.78, 5) is 21.9. The zero-order valence-electron chi connectivity index (χ0n) is 11.6. The number of carbonyl (C=O) groups is 1. The van der Waals surface area contributed by atoms with Crippen molar-refractivity contribution >= 4 is 17.3 Å². The van der Waals surface area contributed by atoms with Crippen molar-refractivity contribution in [3.05, 3.63) is 75.6 Å². The van der Waals surface area contributed by atoms with Gasteiger partial charge in [-0.2, -0.15) is 5.10 Å². The molecule has 112 valence electrons. The van der Waals surface area contributed by atoms with E-state index in [9.17, 15) is 19.3 Å². The molecular weight excluding hydrogens is 289 g/mol. The average Bonchev–Trinajstić information content (AvgIpc) is 2.52. The number of hydrogen-bond donors (Lipinski definition) is 1. The minimum absolute atomic E-state index is 0.0352. The maximum atomic E-state index is 13.4. The lowest BCUT2D eigenvalue weighted by molar-refractivity contribution is -0.384. The molecule has 7 heteroatoms. The van der Waals surface area contributed by atoms with Gasteiger partial charge in [0.25, 0.3) is 11.6 Å². The van der Waals surface area contributed by atoms with Crippen LogP contribution in [0, 0.1) is 15.9 Å². The van der Waals surface area contributed by atoms with Gasteiger partial charge in [-0.3, -0.25) is 14.9 Å². The van der Waals surface area contributed by atoms with Crippen LogP contribution in [0.5, 0.6) is 0 Å². The Balaban J connectivity index is 2.11. The number of hydrazone groups is 1. The van der Waals surface area contributed by atoms with Crippen molar-refractivity contribution in [2.24, 2.45) is 5.10 Å². The Kier molecular flexibility index (Phi) is 4.57. The van der Waals surface area contributed by atoms with E-state index >= 15 is 0 Å². The number of carbonyl (C=O) groups excluding carboxylic acids is 1. The molecular formula is C15H12FN3O3. The lowest BCUT2D eigenvalue weighted by Crippen LogP contribution is -2.20. The smallest absolute Gasteiger partial charge is 0.267 e. The second-order valence-corrected chi connectivity index (χ2v) is 4.42. The molecule has 0 bridgehead atoms. The van der Waals surface area contributed by atoms with Crippen LogP contribution in [0.2, 0.25) is 0 Å². The van der Waals surface area contributed by atoms with Crippen molar-refractivity contribution in [3.8, 4) is 0 Å². The molecule has 2 aromatic rings. The molecule has 0 fully saturated rings. The van der Waals surface area contributed by atoms with E-state index in [1.165, 1.54) is 42.5 Å². The largest absolute Gasteiger partial charge is 0.274 e. The first kappa shape index (κ1) is 15.3. The summed E-state index contributed by atoms with van der Waals surface area (Å²) >= 11 is 0. The van der Waals surface area contributed by atoms with Crippen LogP contribution < -0.4 is 5.43 Å². The molecule has 1 N–H and O–H groups in total. The van der Waals surface area contributed by atoms with Crippen molar-refractivity contribution in [1.82, 2.24) is 5.43 Å². The predicted octanol–water partition coefficient (Wildman–Crippen LogP) is 2.89. The highest BCUT2D eigenvalue weighted by molar-refractivity contribution is 6.01. The number of non-ortho nitro benzene ring substituents is 1. The fourth-order valence-electron chi connectivity index (χ4n) is 1.73. The zero-order valence-corrected chi connectivity index (χ0v) is 11.6. The van der Waals surface area contributed by atoms with E-state index in [-0.39, 0.29) is 11.3 Å². The van der Waals surface area contributed by atoms with Crippen LogP contribution in [-0.2, 0) is 0 Å². The molecule has 0 unspecified atom stereocenters. The van der Waals surface area contributed by atoms with Gasteiger partial charge in [-0.1, -0.05) is 12.1 Å². The Hall–Kier alpha value is -3.09. The molecule has 0 aromatic heterocycles. The summed E-state index contributed by atoms with van der Waals surface area (Å²) in [6, 6.07) is 11.3.